The first-order valence-corrected chi connectivity index (χ1v) is 15.0. The lowest BCUT2D eigenvalue weighted by Crippen LogP contribution is -2.10. The van der Waals surface area contributed by atoms with Gasteiger partial charge in [0.1, 0.15) is 0 Å². The van der Waals surface area contributed by atoms with Gasteiger partial charge in [0.15, 0.2) is 0 Å². The molecule has 1 N–H and O–H groups in total. The van der Waals surface area contributed by atoms with Crippen molar-refractivity contribution in [2.24, 2.45) is 0 Å². The van der Waals surface area contributed by atoms with Crippen molar-refractivity contribution in [3.63, 3.8) is 0 Å². The van der Waals surface area contributed by atoms with Crippen molar-refractivity contribution in [3.8, 4) is 11.1 Å². The van der Waals surface area contributed by atoms with Crippen LogP contribution >= 0.6 is 0 Å². The zero-order chi connectivity index (χ0) is 29.3. The average Bonchev–Trinajstić information content (AvgIpc) is 3.09. The maximum absolute atomic E-state index is 3.59. The van der Waals surface area contributed by atoms with E-state index >= 15 is 0 Å². The molecule has 0 aliphatic carbocycles. The second-order valence-electron chi connectivity index (χ2n) is 11.2. The number of rotatable bonds is 6. The number of hydrogen-bond acceptors (Lipinski definition) is 2. The zero-order valence-electron chi connectivity index (χ0n) is 24.2. The number of anilines is 5. The highest BCUT2D eigenvalue weighted by molar-refractivity contribution is 6.00. The Morgan fingerprint density at radius 1 is 0.341 bits per heavy atom. The lowest BCUT2D eigenvalue weighted by molar-refractivity contribution is 1.30. The standard InChI is InChI=1S/C42H30N2/c1-2-13-39(14-3-1)44(42-16-8-12-32-9-6-7-15-41(32)42)40-25-20-31(21-26-40)30-17-22-37(23-18-30)43-38-24-19-35-27-33-10-4-5-11-34(33)28-36(35)29-38/h1-29,43H. The van der Waals surface area contributed by atoms with E-state index < -0.39 is 0 Å². The van der Waals surface area contributed by atoms with Crippen LogP contribution in [0, 0.1) is 0 Å². The van der Waals surface area contributed by atoms with Crippen LogP contribution in [0.5, 0.6) is 0 Å². The second kappa shape index (κ2) is 11.1. The number of fused-ring (bicyclic) bond motifs is 3. The minimum atomic E-state index is 1.07. The Labute approximate surface area is 257 Å². The van der Waals surface area contributed by atoms with E-state index in [9.17, 15) is 0 Å². The van der Waals surface area contributed by atoms with Gasteiger partial charge in [-0.25, -0.2) is 0 Å². The first-order valence-electron chi connectivity index (χ1n) is 15.0. The molecule has 0 atom stereocenters. The molecule has 8 aromatic carbocycles. The van der Waals surface area contributed by atoms with Gasteiger partial charge in [0, 0.05) is 28.1 Å². The third-order valence-corrected chi connectivity index (χ3v) is 8.36. The molecule has 0 radical (unpaired) electrons. The van der Waals surface area contributed by atoms with Gasteiger partial charge in [0.25, 0.3) is 0 Å². The minimum absolute atomic E-state index is 1.07. The van der Waals surface area contributed by atoms with Gasteiger partial charge in [-0.1, -0.05) is 109 Å². The molecule has 0 unspecified atom stereocenters. The Bertz CT molecular complexity index is 2230. The highest BCUT2D eigenvalue weighted by atomic mass is 15.1. The van der Waals surface area contributed by atoms with E-state index in [0.29, 0.717) is 0 Å². The second-order valence-corrected chi connectivity index (χ2v) is 11.2. The lowest BCUT2D eigenvalue weighted by Gasteiger charge is -2.27. The summed E-state index contributed by atoms with van der Waals surface area (Å²) in [5.41, 5.74) is 7.94. The number of nitrogens with one attached hydrogen (secondary N) is 1. The molecule has 208 valence electrons. The highest BCUT2D eigenvalue weighted by Gasteiger charge is 2.15. The van der Waals surface area contributed by atoms with Gasteiger partial charge < -0.3 is 10.2 Å². The first kappa shape index (κ1) is 25.8. The molecule has 2 nitrogen and oxygen atoms in total. The molecule has 0 aromatic heterocycles. The van der Waals surface area contributed by atoms with Crippen molar-refractivity contribution < 1.29 is 0 Å². The van der Waals surface area contributed by atoms with Crippen LogP contribution in [0.1, 0.15) is 0 Å². The lowest BCUT2D eigenvalue weighted by atomic mass is 10.0. The number of benzene rings is 8. The van der Waals surface area contributed by atoms with E-state index in [4.69, 9.17) is 0 Å². The molecular formula is C42H30N2. The Morgan fingerprint density at radius 2 is 0.886 bits per heavy atom. The topological polar surface area (TPSA) is 15.3 Å². The third kappa shape index (κ3) is 4.93. The largest absolute Gasteiger partial charge is 0.356 e. The highest BCUT2D eigenvalue weighted by Crippen LogP contribution is 2.39. The third-order valence-electron chi connectivity index (χ3n) is 8.36. The van der Waals surface area contributed by atoms with Gasteiger partial charge in [-0.05, 0) is 105 Å². The van der Waals surface area contributed by atoms with Gasteiger partial charge >= 0.3 is 0 Å². The van der Waals surface area contributed by atoms with Crippen molar-refractivity contribution in [2.75, 3.05) is 10.2 Å². The van der Waals surface area contributed by atoms with Gasteiger partial charge in [0.2, 0.25) is 0 Å². The molecule has 44 heavy (non-hydrogen) atoms. The van der Waals surface area contributed by atoms with Gasteiger partial charge in [-0.15, -0.1) is 0 Å². The molecule has 0 fully saturated rings. The summed E-state index contributed by atoms with van der Waals surface area (Å²) in [5.74, 6) is 0. The average molecular weight is 563 g/mol. The molecule has 8 rings (SSSR count). The van der Waals surface area contributed by atoms with Gasteiger partial charge in [-0.2, -0.15) is 0 Å². The van der Waals surface area contributed by atoms with Crippen molar-refractivity contribution in [2.45, 2.75) is 0 Å². The van der Waals surface area contributed by atoms with Crippen LogP contribution in [-0.2, 0) is 0 Å². The summed E-state index contributed by atoms with van der Waals surface area (Å²) >= 11 is 0. The Hall–Kier alpha value is -5.86. The number of para-hydroxylation sites is 1. The van der Waals surface area contributed by atoms with Gasteiger partial charge in [-0.3, -0.25) is 0 Å². The Morgan fingerprint density at radius 3 is 1.64 bits per heavy atom. The maximum Gasteiger partial charge on any atom is 0.0540 e. The van der Waals surface area contributed by atoms with Crippen molar-refractivity contribution in [1.29, 1.82) is 0 Å². The van der Waals surface area contributed by atoms with Crippen LogP contribution in [0.3, 0.4) is 0 Å². The quantitative estimate of drug-likeness (QED) is 0.203. The van der Waals surface area contributed by atoms with E-state index in [1.165, 1.54) is 49.1 Å². The van der Waals surface area contributed by atoms with Crippen LogP contribution in [-0.4, -0.2) is 0 Å². The van der Waals surface area contributed by atoms with Gasteiger partial charge in [0.05, 0.1) is 5.69 Å². The molecule has 0 saturated carbocycles. The molecule has 2 heteroatoms. The summed E-state index contributed by atoms with van der Waals surface area (Å²) < 4.78 is 0. The van der Waals surface area contributed by atoms with Crippen molar-refractivity contribution in [1.82, 2.24) is 0 Å². The molecule has 0 amide bonds. The van der Waals surface area contributed by atoms with E-state index in [1.54, 1.807) is 0 Å². The van der Waals surface area contributed by atoms with Crippen LogP contribution in [0.15, 0.2) is 176 Å². The molecule has 0 spiro atoms. The summed E-state index contributed by atoms with van der Waals surface area (Å²) in [6.07, 6.45) is 0. The summed E-state index contributed by atoms with van der Waals surface area (Å²) in [6, 6.07) is 62.8. The van der Waals surface area contributed by atoms with Crippen LogP contribution in [0.2, 0.25) is 0 Å². The van der Waals surface area contributed by atoms with Crippen molar-refractivity contribution >= 4 is 60.8 Å². The number of hydrogen-bond donors (Lipinski definition) is 1. The van der Waals surface area contributed by atoms with Crippen LogP contribution < -0.4 is 10.2 Å². The SMILES string of the molecule is c1ccc(N(c2ccc(-c3ccc(Nc4ccc5cc6ccccc6cc5c4)cc3)cc2)c2cccc3ccccc23)cc1. The van der Waals surface area contributed by atoms with E-state index in [2.05, 4.69) is 186 Å². The minimum Gasteiger partial charge on any atom is -0.356 e. The Balaban J connectivity index is 1.06. The fourth-order valence-electron chi connectivity index (χ4n) is 6.14. The van der Waals surface area contributed by atoms with Crippen molar-refractivity contribution in [3.05, 3.63) is 176 Å². The van der Waals surface area contributed by atoms with Crippen LogP contribution in [0.4, 0.5) is 28.4 Å². The number of nitrogens with zero attached hydrogens (tertiary/aromatic N) is 1. The predicted octanol–water partition coefficient (Wildman–Crippen LogP) is 12.0. The molecule has 0 aliphatic rings. The fourth-order valence-corrected chi connectivity index (χ4v) is 6.14. The van der Waals surface area contributed by atoms with E-state index in [1.807, 2.05) is 0 Å². The summed E-state index contributed by atoms with van der Waals surface area (Å²) in [6.45, 7) is 0. The molecule has 0 aliphatic heterocycles. The molecule has 0 heterocycles. The monoisotopic (exact) mass is 562 g/mol. The summed E-state index contributed by atoms with van der Waals surface area (Å²) in [4.78, 5) is 2.34. The summed E-state index contributed by atoms with van der Waals surface area (Å²) in [7, 11) is 0. The Kier molecular flexibility index (Phi) is 6.51. The smallest absolute Gasteiger partial charge is 0.0540 e. The zero-order valence-corrected chi connectivity index (χ0v) is 24.2. The fraction of sp³-hybridized carbons (Fsp3) is 0. The molecular weight excluding hydrogens is 532 g/mol. The normalized spacial score (nSPS) is 11.2. The molecule has 0 saturated heterocycles. The molecule has 8 aromatic rings. The maximum atomic E-state index is 3.59. The molecule has 0 bridgehead atoms. The summed E-state index contributed by atoms with van der Waals surface area (Å²) in [5, 5.41) is 11.1. The van der Waals surface area contributed by atoms with E-state index in [0.717, 1.165) is 22.7 Å². The van der Waals surface area contributed by atoms with E-state index in [-0.39, 0.29) is 0 Å². The van der Waals surface area contributed by atoms with Crippen LogP contribution in [0.25, 0.3) is 43.4 Å². The predicted molar refractivity (Wildman–Crippen MR) is 189 cm³/mol. The first-order chi connectivity index (χ1) is 21.8.